The zero-order valence-corrected chi connectivity index (χ0v) is 21.3. The molecule has 0 spiro atoms. The number of phenolic OH excluding ortho intramolecular Hbond substituents is 1. The molecule has 0 aliphatic rings. The predicted molar refractivity (Wildman–Crippen MR) is 143 cm³/mol. The molecule has 0 saturated carbocycles. The number of hydrogen-bond donors (Lipinski definition) is 6. The number of nitrogens with one attached hydrogen (secondary N) is 5. The van der Waals surface area contributed by atoms with Gasteiger partial charge in [0.25, 0.3) is 5.91 Å². The van der Waals surface area contributed by atoms with Crippen molar-refractivity contribution in [2.24, 2.45) is 11.8 Å². The summed E-state index contributed by atoms with van der Waals surface area (Å²) in [6.07, 6.45) is 1.58. The highest BCUT2D eigenvalue weighted by molar-refractivity contribution is 6.06. The maximum absolute atomic E-state index is 12.8. The lowest BCUT2D eigenvalue weighted by atomic mass is 10.1. The van der Waals surface area contributed by atoms with E-state index in [0.29, 0.717) is 38.0 Å². The Morgan fingerprint density at radius 1 is 0.944 bits per heavy atom. The molecule has 3 rings (SSSR count). The van der Waals surface area contributed by atoms with Crippen LogP contribution in [0.4, 0.5) is 0 Å². The number of aromatic amines is 1. The van der Waals surface area contributed by atoms with E-state index in [-0.39, 0.29) is 44.5 Å². The number of nitrogens with zero attached hydrogens (tertiary/aromatic N) is 1. The van der Waals surface area contributed by atoms with Crippen LogP contribution in [0.3, 0.4) is 0 Å². The molecule has 0 aliphatic carbocycles. The molecular formula is C26H36N6O4. The molecule has 194 valence electrons. The van der Waals surface area contributed by atoms with Crippen LogP contribution in [0.1, 0.15) is 38.1 Å². The van der Waals surface area contributed by atoms with Crippen LogP contribution >= 0.6 is 0 Å². The summed E-state index contributed by atoms with van der Waals surface area (Å²) in [6, 6.07) is 3.80. The third-order valence-corrected chi connectivity index (χ3v) is 5.53. The Hall–Kier alpha value is -3.50. The Labute approximate surface area is 209 Å². The van der Waals surface area contributed by atoms with Crippen LogP contribution in [0, 0.1) is 11.8 Å². The number of aromatic nitrogens is 2. The summed E-state index contributed by atoms with van der Waals surface area (Å²) in [5, 5.41) is 23.2. The fourth-order valence-corrected chi connectivity index (χ4v) is 3.74. The molecular weight excluding hydrogens is 460 g/mol. The van der Waals surface area contributed by atoms with E-state index in [0.717, 1.165) is 19.2 Å². The van der Waals surface area contributed by atoms with E-state index in [1.807, 2.05) is 0 Å². The summed E-state index contributed by atoms with van der Waals surface area (Å²) < 4.78 is 0. The minimum atomic E-state index is -0.492. The number of hydrogen-bond acceptors (Lipinski definition) is 8. The van der Waals surface area contributed by atoms with Gasteiger partial charge in [0.05, 0.1) is 16.3 Å². The number of aromatic hydroxyl groups is 1. The highest BCUT2D eigenvalue weighted by Gasteiger charge is 2.16. The topological polar surface area (TPSA) is 148 Å². The molecule has 0 radical (unpaired) electrons. The SMILES string of the molecule is CC(C)CNCCNC=c1c(O)cc(=O)c2[nH]c3c(C(=O)NCCNCC(C)C)ccc(=O)c3nc12. The van der Waals surface area contributed by atoms with Gasteiger partial charge < -0.3 is 31.4 Å². The van der Waals surface area contributed by atoms with E-state index in [1.54, 1.807) is 6.20 Å². The van der Waals surface area contributed by atoms with Crippen LogP contribution in [-0.2, 0) is 0 Å². The van der Waals surface area contributed by atoms with E-state index in [4.69, 9.17) is 0 Å². The molecule has 1 amide bonds. The normalized spacial score (nSPS) is 12.2. The molecule has 0 fully saturated rings. The minimum Gasteiger partial charge on any atom is -0.507 e. The van der Waals surface area contributed by atoms with E-state index < -0.39 is 10.9 Å². The summed E-state index contributed by atoms with van der Waals surface area (Å²) in [5.41, 5.74) is -0.213. The lowest BCUT2D eigenvalue weighted by Gasteiger charge is -2.11. The van der Waals surface area contributed by atoms with Gasteiger partial charge in [-0.2, -0.15) is 0 Å². The maximum atomic E-state index is 12.8. The van der Waals surface area contributed by atoms with Crippen molar-refractivity contribution in [3.05, 3.63) is 49.4 Å². The molecule has 10 heteroatoms. The largest absolute Gasteiger partial charge is 0.507 e. The van der Waals surface area contributed by atoms with Crippen molar-refractivity contribution < 1.29 is 9.90 Å². The van der Waals surface area contributed by atoms with E-state index in [2.05, 4.69) is 58.9 Å². The van der Waals surface area contributed by atoms with Crippen molar-refractivity contribution in [2.75, 3.05) is 39.3 Å². The number of carbonyl (C=O) groups is 1. The Morgan fingerprint density at radius 2 is 1.61 bits per heavy atom. The van der Waals surface area contributed by atoms with Gasteiger partial charge in [0.15, 0.2) is 0 Å². The van der Waals surface area contributed by atoms with Crippen molar-refractivity contribution >= 4 is 34.2 Å². The summed E-state index contributed by atoms with van der Waals surface area (Å²) in [4.78, 5) is 45.5. The van der Waals surface area contributed by atoms with Crippen molar-refractivity contribution in [3.8, 4) is 5.75 Å². The first-order chi connectivity index (χ1) is 17.2. The van der Waals surface area contributed by atoms with Gasteiger partial charge in [-0.3, -0.25) is 14.4 Å². The minimum absolute atomic E-state index is 0.0198. The number of phenols is 1. The summed E-state index contributed by atoms with van der Waals surface area (Å²) >= 11 is 0. The van der Waals surface area contributed by atoms with Gasteiger partial charge in [0.2, 0.25) is 10.9 Å². The molecule has 10 nitrogen and oxygen atoms in total. The van der Waals surface area contributed by atoms with Gasteiger partial charge in [0, 0.05) is 38.4 Å². The van der Waals surface area contributed by atoms with Crippen molar-refractivity contribution in [2.45, 2.75) is 27.7 Å². The third-order valence-electron chi connectivity index (χ3n) is 5.53. The van der Waals surface area contributed by atoms with Gasteiger partial charge in [-0.1, -0.05) is 27.7 Å². The van der Waals surface area contributed by atoms with Crippen LogP contribution in [-0.4, -0.2) is 60.3 Å². The van der Waals surface area contributed by atoms with Crippen LogP contribution < -0.4 is 37.3 Å². The molecule has 6 N–H and O–H groups in total. The molecule has 2 aromatic carbocycles. The Balaban J connectivity index is 1.93. The number of fused-ring (bicyclic) bond motifs is 2. The molecule has 0 atom stereocenters. The zero-order chi connectivity index (χ0) is 26.2. The lowest BCUT2D eigenvalue weighted by Crippen LogP contribution is -2.33. The number of carbonyl (C=O) groups excluding carboxylic acids is 1. The number of rotatable bonds is 12. The quantitative estimate of drug-likeness (QED) is 0.156. The predicted octanol–water partition coefficient (Wildman–Crippen LogP) is 0.410. The maximum Gasteiger partial charge on any atom is 0.253 e. The first kappa shape index (κ1) is 27.1. The van der Waals surface area contributed by atoms with Crippen LogP contribution in [0.2, 0.25) is 0 Å². The first-order valence-electron chi connectivity index (χ1n) is 12.3. The zero-order valence-electron chi connectivity index (χ0n) is 21.3. The summed E-state index contributed by atoms with van der Waals surface area (Å²) in [7, 11) is 0. The second-order valence-corrected chi connectivity index (χ2v) is 9.65. The average molecular weight is 497 g/mol. The van der Waals surface area contributed by atoms with Gasteiger partial charge in [-0.25, -0.2) is 4.98 Å². The monoisotopic (exact) mass is 496 g/mol. The fourth-order valence-electron chi connectivity index (χ4n) is 3.74. The van der Waals surface area contributed by atoms with E-state index in [9.17, 15) is 19.5 Å². The lowest BCUT2D eigenvalue weighted by molar-refractivity contribution is 0.0955. The highest BCUT2D eigenvalue weighted by atomic mass is 16.3. The average Bonchev–Trinajstić information content (AvgIpc) is 2.82. The van der Waals surface area contributed by atoms with Crippen LogP contribution in [0.25, 0.3) is 28.3 Å². The standard InChI is InChI=1S/C26H36N6O4/c1-15(2)12-27-7-8-29-14-18-20(34)11-21(35)25-23(18)32-24-19(33)6-5-17(22(24)31-25)26(36)30-10-9-28-13-16(3)4/h5-6,11,14-16,27-29,31,34H,7-10,12-13H2,1-4H3,(H,30,36). The third kappa shape index (κ3) is 6.79. The Bertz CT molecular complexity index is 1380. The van der Waals surface area contributed by atoms with Gasteiger partial charge in [0.1, 0.15) is 22.3 Å². The number of benzene rings is 2. The summed E-state index contributed by atoms with van der Waals surface area (Å²) in [5.74, 6) is 0.417. The summed E-state index contributed by atoms with van der Waals surface area (Å²) in [6.45, 7) is 12.5. The number of H-pyrrole nitrogens is 1. The smallest absolute Gasteiger partial charge is 0.253 e. The molecule has 0 aliphatic heterocycles. The first-order valence-corrected chi connectivity index (χ1v) is 12.3. The molecule has 36 heavy (non-hydrogen) atoms. The molecule has 1 heterocycles. The second-order valence-electron chi connectivity index (χ2n) is 9.65. The number of amides is 1. The second kappa shape index (κ2) is 12.5. The van der Waals surface area contributed by atoms with Gasteiger partial charge >= 0.3 is 0 Å². The van der Waals surface area contributed by atoms with Crippen molar-refractivity contribution in [3.63, 3.8) is 0 Å². The molecule has 0 unspecified atom stereocenters. The van der Waals surface area contributed by atoms with Crippen LogP contribution in [0.5, 0.6) is 5.75 Å². The van der Waals surface area contributed by atoms with Crippen LogP contribution in [0.15, 0.2) is 27.8 Å². The van der Waals surface area contributed by atoms with E-state index >= 15 is 0 Å². The fraction of sp³-hybridized carbons (Fsp3) is 0.462. The van der Waals surface area contributed by atoms with Crippen molar-refractivity contribution in [1.82, 2.24) is 31.2 Å². The molecule has 0 saturated heterocycles. The highest BCUT2D eigenvalue weighted by Crippen LogP contribution is 2.15. The van der Waals surface area contributed by atoms with Crippen molar-refractivity contribution in [1.29, 1.82) is 0 Å². The van der Waals surface area contributed by atoms with Gasteiger partial charge in [-0.15, -0.1) is 0 Å². The van der Waals surface area contributed by atoms with E-state index in [1.165, 1.54) is 12.1 Å². The molecule has 0 bridgehead atoms. The molecule has 1 aromatic heterocycles. The van der Waals surface area contributed by atoms with Gasteiger partial charge in [-0.05, 0) is 37.1 Å². The molecule has 3 aromatic rings. The Morgan fingerprint density at radius 3 is 2.28 bits per heavy atom. The Kier molecular flexibility index (Phi) is 9.38.